The number of rotatable bonds is 2. The van der Waals surface area contributed by atoms with Crippen molar-refractivity contribution in [3.63, 3.8) is 0 Å². The Morgan fingerprint density at radius 3 is 2.84 bits per heavy atom. The molecule has 0 aromatic heterocycles. The minimum absolute atomic E-state index is 0.226. The van der Waals surface area contributed by atoms with Crippen LogP contribution in [0.2, 0.25) is 0 Å². The van der Waals surface area contributed by atoms with Crippen molar-refractivity contribution >= 4 is 23.0 Å². The van der Waals surface area contributed by atoms with Crippen molar-refractivity contribution in [2.45, 2.75) is 18.7 Å². The van der Waals surface area contributed by atoms with Gasteiger partial charge < -0.3 is 4.90 Å². The van der Waals surface area contributed by atoms with Gasteiger partial charge in [-0.05, 0) is 48.2 Å². The van der Waals surface area contributed by atoms with Crippen LogP contribution in [-0.2, 0) is 12.3 Å². The topological polar surface area (TPSA) is 3.24 Å². The number of nitrogens with zero attached hydrogens (tertiary/aromatic N) is 1. The smallest absolute Gasteiger partial charge is 0.125 e. The Morgan fingerprint density at radius 1 is 1.16 bits per heavy atom. The van der Waals surface area contributed by atoms with E-state index in [1.165, 1.54) is 17.3 Å². The average Bonchev–Trinajstić information content (AvgIpc) is 2.46. The summed E-state index contributed by atoms with van der Waals surface area (Å²) in [5, 5.41) is 0. The summed E-state index contributed by atoms with van der Waals surface area (Å²) in [5.74, 6) is 0.108. The first-order chi connectivity index (χ1) is 9.28. The molecule has 1 aliphatic heterocycles. The minimum atomic E-state index is -0.226. The second kappa shape index (κ2) is 5.22. The highest BCUT2D eigenvalue weighted by atomic mass is 35.5. The fraction of sp³-hybridized carbons (Fsp3) is 0.250. The van der Waals surface area contributed by atoms with Crippen LogP contribution in [0.3, 0.4) is 0 Å². The van der Waals surface area contributed by atoms with Crippen LogP contribution in [0.25, 0.3) is 0 Å². The van der Waals surface area contributed by atoms with Crippen molar-refractivity contribution in [3.05, 3.63) is 59.4 Å². The molecule has 0 bridgehead atoms. The summed E-state index contributed by atoms with van der Waals surface area (Å²) in [7, 11) is 0. The number of fused-ring (bicyclic) bond motifs is 1. The highest BCUT2D eigenvalue weighted by Gasteiger charge is 2.18. The molecule has 1 aliphatic rings. The maximum atomic E-state index is 13.7. The van der Waals surface area contributed by atoms with Gasteiger partial charge in [0, 0.05) is 23.8 Å². The zero-order chi connectivity index (χ0) is 13.2. The molecule has 3 rings (SSSR count). The van der Waals surface area contributed by atoms with Crippen LogP contribution in [0.4, 0.5) is 15.8 Å². The van der Waals surface area contributed by atoms with E-state index in [9.17, 15) is 4.39 Å². The Kier molecular flexibility index (Phi) is 3.43. The van der Waals surface area contributed by atoms with Gasteiger partial charge in [0.2, 0.25) is 0 Å². The summed E-state index contributed by atoms with van der Waals surface area (Å²) in [4.78, 5) is 2.18. The maximum absolute atomic E-state index is 13.7. The van der Waals surface area contributed by atoms with Gasteiger partial charge in [-0.25, -0.2) is 4.39 Å². The SMILES string of the molecule is Fc1cc(CCl)cc(N2CCCc3ccccc32)c1. The number of alkyl halides is 1. The van der Waals surface area contributed by atoms with Crippen LogP contribution in [0.1, 0.15) is 17.5 Å². The Labute approximate surface area is 117 Å². The molecule has 0 spiro atoms. The molecule has 0 saturated heterocycles. The average molecular weight is 276 g/mol. The summed E-state index contributed by atoms with van der Waals surface area (Å²) < 4.78 is 13.7. The van der Waals surface area contributed by atoms with Crippen molar-refractivity contribution < 1.29 is 4.39 Å². The zero-order valence-electron chi connectivity index (χ0n) is 10.6. The lowest BCUT2D eigenvalue weighted by Gasteiger charge is -2.31. The van der Waals surface area contributed by atoms with E-state index in [1.807, 2.05) is 12.1 Å². The standard InChI is InChI=1S/C16H15ClFN/c17-11-12-8-14(18)10-15(9-12)19-7-3-5-13-4-1-2-6-16(13)19/h1-2,4,6,8-10H,3,5,7,11H2. The van der Waals surface area contributed by atoms with Crippen LogP contribution in [0.15, 0.2) is 42.5 Å². The summed E-state index contributed by atoms with van der Waals surface area (Å²) in [6, 6.07) is 13.4. The molecule has 1 nitrogen and oxygen atoms in total. The number of hydrogen-bond acceptors (Lipinski definition) is 1. The third kappa shape index (κ3) is 2.45. The zero-order valence-corrected chi connectivity index (χ0v) is 11.3. The summed E-state index contributed by atoms with van der Waals surface area (Å²) in [6.07, 6.45) is 2.17. The predicted octanol–water partition coefficient (Wildman–Crippen LogP) is 4.65. The van der Waals surface area contributed by atoms with Crippen molar-refractivity contribution in [2.75, 3.05) is 11.4 Å². The van der Waals surface area contributed by atoms with Gasteiger partial charge in [0.25, 0.3) is 0 Å². The number of anilines is 2. The van der Waals surface area contributed by atoms with Gasteiger partial charge in [-0.3, -0.25) is 0 Å². The van der Waals surface area contributed by atoms with E-state index in [0.29, 0.717) is 5.88 Å². The highest BCUT2D eigenvalue weighted by molar-refractivity contribution is 6.17. The lowest BCUT2D eigenvalue weighted by molar-refractivity contribution is 0.625. The monoisotopic (exact) mass is 275 g/mol. The van der Waals surface area contributed by atoms with Crippen molar-refractivity contribution in [3.8, 4) is 0 Å². The molecular formula is C16H15ClFN. The Morgan fingerprint density at radius 2 is 2.00 bits per heavy atom. The fourth-order valence-electron chi connectivity index (χ4n) is 2.67. The normalized spacial score (nSPS) is 14.3. The summed E-state index contributed by atoms with van der Waals surface area (Å²) in [5.41, 5.74) is 4.22. The molecular weight excluding hydrogens is 261 g/mol. The van der Waals surface area contributed by atoms with Crippen LogP contribution in [-0.4, -0.2) is 6.54 Å². The molecule has 98 valence electrons. The summed E-state index contributed by atoms with van der Waals surface area (Å²) in [6.45, 7) is 0.919. The number of halogens is 2. The van der Waals surface area contributed by atoms with Crippen molar-refractivity contribution in [2.24, 2.45) is 0 Å². The van der Waals surface area contributed by atoms with E-state index in [2.05, 4.69) is 23.1 Å². The molecule has 3 heteroatoms. The molecule has 0 saturated carbocycles. The number of aryl methyl sites for hydroxylation is 1. The van der Waals surface area contributed by atoms with Gasteiger partial charge in [0.05, 0.1) is 0 Å². The lowest BCUT2D eigenvalue weighted by atomic mass is 10.0. The number of benzene rings is 2. The summed E-state index contributed by atoms with van der Waals surface area (Å²) >= 11 is 5.82. The van der Waals surface area contributed by atoms with Crippen LogP contribution in [0.5, 0.6) is 0 Å². The number of hydrogen-bond donors (Lipinski definition) is 0. The molecule has 0 radical (unpaired) electrons. The molecule has 19 heavy (non-hydrogen) atoms. The minimum Gasteiger partial charge on any atom is -0.341 e. The van der Waals surface area contributed by atoms with E-state index in [1.54, 1.807) is 6.07 Å². The third-order valence-electron chi connectivity index (χ3n) is 3.52. The van der Waals surface area contributed by atoms with Gasteiger partial charge in [-0.15, -0.1) is 11.6 Å². The first-order valence-electron chi connectivity index (χ1n) is 6.49. The van der Waals surface area contributed by atoms with Crippen LogP contribution >= 0.6 is 11.6 Å². The lowest BCUT2D eigenvalue weighted by Crippen LogP contribution is -2.24. The highest BCUT2D eigenvalue weighted by Crippen LogP contribution is 2.34. The second-order valence-electron chi connectivity index (χ2n) is 4.84. The van der Waals surface area contributed by atoms with E-state index in [0.717, 1.165) is 30.6 Å². The maximum Gasteiger partial charge on any atom is 0.125 e. The third-order valence-corrected chi connectivity index (χ3v) is 3.83. The Bertz CT molecular complexity index is 597. The molecule has 2 aromatic rings. The molecule has 1 heterocycles. The van der Waals surface area contributed by atoms with E-state index < -0.39 is 0 Å². The van der Waals surface area contributed by atoms with E-state index in [-0.39, 0.29) is 5.82 Å². The molecule has 0 amide bonds. The van der Waals surface area contributed by atoms with Gasteiger partial charge >= 0.3 is 0 Å². The van der Waals surface area contributed by atoms with Gasteiger partial charge in [-0.2, -0.15) is 0 Å². The largest absolute Gasteiger partial charge is 0.341 e. The van der Waals surface area contributed by atoms with Crippen molar-refractivity contribution in [1.29, 1.82) is 0 Å². The van der Waals surface area contributed by atoms with Crippen LogP contribution < -0.4 is 4.90 Å². The molecule has 0 unspecified atom stereocenters. The fourth-order valence-corrected chi connectivity index (χ4v) is 2.82. The molecule has 0 atom stereocenters. The first kappa shape index (κ1) is 12.5. The van der Waals surface area contributed by atoms with Gasteiger partial charge in [0.1, 0.15) is 5.82 Å². The predicted molar refractivity (Wildman–Crippen MR) is 77.7 cm³/mol. The van der Waals surface area contributed by atoms with E-state index in [4.69, 9.17) is 11.6 Å². The van der Waals surface area contributed by atoms with Gasteiger partial charge in [-0.1, -0.05) is 18.2 Å². The van der Waals surface area contributed by atoms with E-state index >= 15 is 0 Å². The quantitative estimate of drug-likeness (QED) is 0.721. The second-order valence-corrected chi connectivity index (χ2v) is 5.10. The Balaban J connectivity index is 2.06. The van der Waals surface area contributed by atoms with Gasteiger partial charge in [0.15, 0.2) is 0 Å². The molecule has 0 aliphatic carbocycles. The van der Waals surface area contributed by atoms with Crippen LogP contribution in [0, 0.1) is 5.82 Å². The molecule has 2 aromatic carbocycles. The van der Waals surface area contributed by atoms with Crippen molar-refractivity contribution in [1.82, 2.24) is 0 Å². The first-order valence-corrected chi connectivity index (χ1v) is 7.02. The number of para-hydroxylation sites is 1. The molecule has 0 N–H and O–H groups in total. The Hall–Kier alpha value is -1.54. The molecule has 0 fully saturated rings.